The molecule has 0 aliphatic carbocycles. The smallest absolute Gasteiger partial charge is 0.223 e. The van der Waals surface area contributed by atoms with Crippen LogP contribution >= 0.6 is 0 Å². The first-order valence-corrected chi connectivity index (χ1v) is 9.98. The second-order valence-corrected chi connectivity index (χ2v) is 7.78. The standard InChI is InChI=1S/C21H28N4O2/c1-14-13-15(2)22-20-18(14)3-4-19(24-20)25-9-5-16(6-10-25)21(26)23-17-7-11-27-12-8-17/h3-4,13,16-17H,5-12H2,1-2H3,(H,23,26). The summed E-state index contributed by atoms with van der Waals surface area (Å²) in [4.78, 5) is 24.2. The van der Waals surface area contributed by atoms with Gasteiger partial charge in [-0.3, -0.25) is 4.79 Å². The van der Waals surface area contributed by atoms with Crippen molar-refractivity contribution in [2.45, 2.75) is 45.6 Å². The molecule has 0 unspecified atom stereocenters. The second-order valence-electron chi connectivity index (χ2n) is 7.78. The molecule has 0 atom stereocenters. The van der Waals surface area contributed by atoms with Crippen LogP contribution in [0.1, 0.15) is 36.9 Å². The Balaban J connectivity index is 1.38. The lowest BCUT2D eigenvalue weighted by molar-refractivity contribution is -0.126. The minimum Gasteiger partial charge on any atom is -0.381 e. The summed E-state index contributed by atoms with van der Waals surface area (Å²) in [5.74, 6) is 1.27. The van der Waals surface area contributed by atoms with E-state index in [0.29, 0.717) is 0 Å². The average Bonchev–Trinajstić information content (AvgIpc) is 2.68. The molecule has 0 aromatic carbocycles. The number of hydrogen-bond donors (Lipinski definition) is 1. The number of carbonyl (C=O) groups excluding carboxylic acids is 1. The third-order valence-corrected chi connectivity index (χ3v) is 5.75. The van der Waals surface area contributed by atoms with E-state index in [1.54, 1.807) is 0 Å². The maximum Gasteiger partial charge on any atom is 0.223 e. The molecule has 0 spiro atoms. The lowest BCUT2D eigenvalue weighted by Gasteiger charge is -2.33. The average molecular weight is 368 g/mol. The quantitative estimate of drug-likeness (QED) is 0.902. The fourth-order valence-corrected chi connectivity index (χ4v) is 4.13. The summed E-state index contributed by atoms with van der Waals surface area (Å²) in [6, 6.07) is 6.56. The van der Waals surface area contributed by atoms with E-state index < -0.39 is 0 Å². The Bertz CT molecular complexity index is 824. The molecule has 2 aromatic heterocycles. The number of aromatic nitrogens is 2. The minimum atomic E-state index is 0.104. The first kappa shape index (κ1) is 18.2. The van der Waals surface area contributed by atoms with Crippen LogP contribution in [-0.2, 0) is 9.53 Å². The topological polar surface area (TPSA) is 67.4 Å². The van der Waals surface area contributed by atoms with E-state index in [-0.39, 0.29) is 17.9 Å². The van der Waals surface area contributed by atoms with Crippen LogP contribution < -0.4 is 10.2 Å². The molecule has 4 heterocycles. The highest BCUT2D eigenvalue weighted by atomic mass is 16.5. The van der Waals surface area contributed by atoms with Crippen molar-refractivity contribution in [3.63, 3.8) is 0 Å². The number of aryl methyl sites for hydroxylation is 2. The highest BCUT2D eigenvalue weighted by Gasteiger charge is 2.27. The fourth-order valence-electron chi connectivity index (χ4n) is 4.13. The molecule has 2 aromatic rings. The molecule has 0 saturated carbocycles. The molecule has 0 radical (unpaired) electrons. The summed E-state index contributed by atoms with van der Waals surface area (Å²) >= 11 is 0. The number of hydrogen-bond acceptors (Lipinski definition) is 5. The Labute approximate surface area is 160 Å². The van der Waals surface area contributed by atoms with Crippen molar-refractivity contribution in [2.75, 3.05) is 31.2 Å². The number of ether oxygens (including phenoxy) is 1. The van der Waals surface area contributed by atoms with Gasteiger partial charge in [-0.15, -0.1) is 0 Å². The van der Waals surface area contributed by atoms with Gasteiger partial charge in [-0.25, -0.2) is 9.97 Å². The Morgan fingerprint density at radius 2 is 1.85 bits per heavy atom. The van der Waals surface area contributed by atoms with Gasteiger partial charge in [-0.05, 0) is 63.3 Å². The van der Waals surface area contributed by atoms with Crippen LogP contribution in [0.25, 0.3) is 11.0 Å². The van der Waals surface area contributed by atoms with Crippen LogP contribution in [0, 0.1) is 19.8 Å². The third-order valence-electron chi connectivity index (χ3n) is 5.75. The van der Waals surface area contributed by atoms with Crippen LogP contribution in [0.3, 0.4) is 0 Å². The predicted octanol–water partition coefficient (Wildman–Crippen LogP) is 2.76. The zero-order valence-corrected chi connectivity index (χ0v) is 16.2. The second kappa shape index (κ2) is 7.80. The van der Waals surface area contributed by atoms with Crippen molar-refractivity contribution in [2.24, 2.45) is 5.92 Å². The monoisotopic (exact) mass is 368 g/mol. The molecule has 27 heavy (non-hydrogen) atoms. The van der Waals surface area contributed by atoms with Gasteiger partial charge in [0.05, 0.1) is 0 Å². The van der Waals surface area contributed by atoms with E-state index >= 15 is 0 Å². The zero-order chi connectivity index (χ0) is 18.8. The molecule has 144 valence electrons. The Morgan fingerprint density at radius 3 is 2.59 bits per heavy atom. The number of amides is 1. The predicted molar refractivity (Wildman–Crippen MR) is 106 cm³/mol. The van der Waals surface area contributed by atoms with Crippen molar-refractivity contribution in [3.05, 3.63) is 29.5 Å². The summed E-state index contributed by atoms with van der Waals surface area (Å²) in [5, 5.41) is 4.32. The van der Waals surface area contributed by atoms with Gasteiger partial charge in [0.15, 0.2) is 5.65 Å². The maximum absolute atomic E-state index is 12.6. The number of piperidine rings is 1. The van der Waals surface area contributed by atoms with E-state index in [4.69, 9.17) is 9.72 Å². The van der Waals surface area contributed by atoms with Crippen molar-refractivity contribution >= 4 is 22.8 Å². The van der Waals surface area contributed by atoms with Crippen molar-refractivity contribution < 1.29 is 9.53 Å². The van der Waals surface area contributed by atoms with Crippen molar-refractivity contribution in [3.8, 4) is 0 Å². The normalized spacial score (nSPS) is 19.4. The van der Waals surface area contributed by atoms with Crippen LogP contribution in [0.4, 0.5) is 5.82 Å². The van der Waals surface area contributed by atoms with Gasteiger partial charge < -0.3 is 15.0 Å². The van der Waals surface area contributed by atoms with Gasteiger partial charge in [0.1, 0.15) is 5.82 Å². The number of pyridine rings is 2. The molecule has 4 rings (SSSR count). The number of nitrogens with one attached hydrogen (secondary N) is 1. The first-order chi connectivity index (χ1) is 13.1. The Kier molecular flexibility index (Phi) is 5.25. The number of nitrogens with zero attached hydrogens (tertiary/aromatic N) is 3. The van der Waals surface area contributed by atoms with Gasteiger partial charge in [-0.1, -0.05) is 0 Å². The minimum absolute atomic E-state index is 0.104. The SMILES string of the molecule is Cc1cc(C)c2ccc(N3CCC(C(=O)NC4CCOCC4)CC3)nc2n1. The van der Waals surface area contributed by atoms with Crippen LogP contribution in [0.15, 0.2) is 18.2 Å². The summed E-state index contributed by atoms with van der Waals surface area (Å²) in [6.07, 6.45) is 3.60. The van der Waals surface area contributed by atoms with Crippen LogP contribution in [0.2, 0.25) is 0 Å². The van der Waals surface area contributed by atoms with Gasteiger partial charge in [0.25, 0.3) is 0 Å². The lowest BCUT2D eigenvalue weighted by Crippen LogP contribution is -2.45. The highest BCUT2D eigenvalue weighted by molar-refractivity contribution is 5.81. The number of rotatable bonds is 3. The summed E-state index contributed by atoms with van der Waals surface area (Å²) in [7, 11) is 0. The van der Waals surface area contributed by atoms with Gasteiger partial charge in [0.2, 0.25) is 5.91 Å². The number of carbonyl (C=O) groups is 1. The third kappa shape index (κ3) is 4.05. The van der Waals surface area contributed by atoms with Crippen LogP contribution in [0.5, 0.6) is 0 Å². The molecule has 2 aliphatic heterocycles. The highest BCUT2D eigenvalue weighted by Crippen LogP contribution is 2.25. The molecule has 0 bridgehead atoms. The molecule has 6 heteroatoms. The molecular weight excluding hydrogens is 340 g/mol. The lowest BCUT2D eigenvalue weighted by atomic mass is 9.95. The van der Waals surface area contributed by atoms with Crippen LogP contribution in [-0.4, -0.2) is 48.2 Å². The van der Waals surface area contributed by atoms with Gasteiger partial charge >= 0.3 is 0 Å². The molecule has 2 fully saturated rings. The summed E-state index contributed by atoms with van der Waals surface area (Å²) in [6.45, 7) is 7.32. The van der Waals surface area contributed by atoms with E-state index in [1.807, 2.05) is 6.92 Å². The van der Waals surface area contributed by atoms with E-state index in [0.717, 1.165) is 74.5 Å². The molecule has 1 N–H and O–H groups in total. The maximum atomic E-state index is 12.6. The Hall–Kier alpha value is -2.21. The number of fused-ring (bicyclic) bond motifs is 1. The molecule has 2 saturated heterocycles. The molecular formula is C21H28N4O2. The summed E-state index contributed by atoms with van der Waals surface area (Å²) < 4.78 is 5.37. The van der Waals surface area contributed by atoms with Gasteiger partial charge in [0, 0.05) is 49.3 Å². The van der Waals surface area contributed by atoms with Gasteiger partial charge in [-0.2, -0.15) is 0 Å². The van der Waals surface area contributed by atoms with Crippen molar-refractivity contribution in [1.82, 2.24) is 15.3 Å². The van der Waals surface area contributed by atoms with E-state index in [2.05, 4.69) is 40.3 Å². The molecule has 1 amide bonds. The molecule has 6 nitrogen and oxygen atoms in total. The van der Waals surface area contributed by atoms with E-state index in [9.17, 15) is 4.79 Å². The fraction of sp³-hybridized carbons (Fsp3) is 0.571. The Morgan fingerprint density at radius 1 is 1.11 bits per heavy atom. The van der Waals surface area contributed by atoms with Crippen molar-refractivity contribution in [1.29, 1.82) is 0 Å². The first-order valence-electron chi connectivity index (χ1n) is 9.98. The zero-order valence-electron chi connectivity index (χ0n) is 16.2. The summed E-state index contributed by atoms with van der Waals surface area (Å²) in [5.41, 5.74) is 3.01. The number of anilines is 1. The van der Waals surface area contributed by atoms with E-state index in [1.165, 1.54) is 5.56 Å². The largest absolute Gasteiger partial charge is 0.381 e. The molecule has 2 aliphatic rings.